The normalized spacial score (nSPS) is 12.4. The molecule has 0 aliphatic carbocycles. The average Bonchev–Trinajstić information content (AvgIpc) is 2.67. The lowest BCUT2D eigenvalue weighted by atomic mass is 9.98. The molecule has 1 N–H and O–H groups in total. The van der Waals surface area contributed by atoms with Crippen molar-refractivity contribution < 1.29 is 22.1 Å². The van der Waals surface area contributed by atoms with Gasteiger partial charge in [-0.15, -0.1) is 0 Å². The van der Waals surface area contributed by atoms with Gasteiger partial charge in [-0.25, -0.2) is 17.2 Å². The second-order valence-corrected chi connectivity index (χ2v) is 8.87. The molecule has 0 radical (unpaired) electrons. The highest BCUT2D eigenvalue weighted by Crippen LogP contribution is 2.31. The number of anilines is 1. The number of aryl methyl sites for hydroxylation is 1. The van der Waals surface area contributed by atoms with E-state index < -0.39 is 32.4 Å². The molecule has 0 aromatic heterocycles. The summed E-state index contributed by atoms with van der Waals surface area (Å²) in [5, 5.41) is 14.2. The van der Waals surface area contributed by atoms with Gasteiger partial charge in [0, 0.05) is 23.6 Å². The smallest absolute Gasteiger partial charge is 0.272 e. The minimum Gasteiger partial charge on any atom is -0.374 e. The summed E-state index contributed by atoms with van der Waals surface area (Å²) in [6, 6.07) is 13.2. The van der Waals surface area contributed by atoms with Crippen molar-refractivity contribution in [2.75, 3.05) is 11.6 Å². The molecule has 0 amide bonds. The fraction of sp³-hybridized carbons (Fsp3) is 0.143. The Morgan fingerprint density at radius 2 is 1.67 bits per heavy atom. The minimum atomic E-state index is -3.49. The lowest BCUT2D eigenvalue weighted by Gasteiger charge is -2.22. The summed E-state index contributed by atoms with van der Waals surface area (Å²) < 4.78 is 51.2. The Labute approximate surface area is 172 Å². The third-order valence-corrected chi connectivity index (χ3v) is 5.71. The Kier molecular flexibility index (Phi) is 5.84. The van der Waals surface area contributed by atoms with E-state index in [4.69, 9.17) is 0 Å². The van der Waals surface area contributed by atoms with E-state index in [1.54, 1.807) is 25.1 Å². The summed E-state index contributed by atoms with van der Waals surface area (Å²) >= 11 is 0. The molecule has 0 heterocycles. The van der Waals surface area contributed by atoms with E-state index >= 15 is 0 Å². The molecule has 0 aliphatic rings. The first-order chi connectivity index (χ1) is 14.1. The van der Waals surface area contributed by atoms with Gasteiger partial charge in [0.15, 0.2) is 21.5 Å². The summed E-state index contributed by atoms with van der Waals surface area (Å²) in [6.07, 6.45) is 1.08. The van der Waals surface area contributed by atoms with E-state index in [-0.39, 0.29) is 10.6 Å². The van der Waals surface area contributed by atoms with E-state index in [1.807, 2.05) is 0 Å². The van der Waals surface area contributed by atoms with Gasteiger partial charge in [0.2, 0.25) is 0 Å². The Bertz CT molecular complexity index is 1230. The van der Waals surface area contributed by atoms with Crippen LogP contribution >= 0.6 is 0 Å². The zero-order chi connectivity index (χ0) is 22.1. The predicted octanol–water partition coefficient (Wildman–Crippen LogP) is 4.79. The maximum atomic E-state index is 13.9. The Hall–Kier alpha value is -3.33. The standard InChI is InChI=1S/C21H18F2N2O4S/c1-13-10-16(7-9-20(13)25(26)27)24-21(15-6-8-18(22)19(23)12-15)14-4-3-5-17(11-14)30(2,28)29/h3-12,21,24H,1-2H3. The number of halogens is 2. The van der Waals surface area contributed by atoms with Gasteiger partial charge in [-0.3, -0.25) is 10.1 Å². The van der Waals surface area contributed by atoms with E-state index in [2.05, 4.69) is 5.32 Å². The number of benzene rings is 3. The van der Waals surface area contributed by atoms with Crippen LogP contribution in [0.3, 0.4) is 0 Å². The highest BCUT2D eigenvalue weighted by Gasteiger charge is 2.20. The van der Waals surface area contributed by atoms with Gasteiger partial charge in [-0.1, -0.05) is 18.2 Å². The van der Waals surface area contributed by atoms with Gasteiger partial charge in [-0.2, -0.15) is 0 Å². The van der Waals surface area contributed by atoms with Crippen LogP contribution in [0.4, 0.5) is 20.2 Å². The molecule has 30 heavy (non-hydrogen) atoms. The SMILES string of the molecule is Cc1cc(NC(c2cccc(S(C)(=O)=O)c2)c2ccc(F)c(F)c2)ccc1[N+](=O)[O-]. The molecule has 1 unspecified atom stereocenters. The summed E-state index contributed by atoms with van der Waals surface area (Å²) in [6.45, 7) is 1.58. The minimum absolute atomic E-state index is 0.0519. The van der Waals surface area contributed by atoms with Gasteiger partial charge >= 0.3 is 0 Å². The zero-order valence-electron chi connectivity index (χ0n) is 16.1. The van der Waals surface area contributed by atoms with Gasteiger partial charge in [0.25, 0.3) is 5.69 Å². The van der Waals surface area contributed by atoms with Crippen molar-refractivity contribution in [3.63, 3.8) is 0 Å². The molecule has 0 aliphatic heterocycles. The summed E-state index contributed by atoms with van der Waals surface area (Å²) in [5.41, 5.74) is 1.72. The Morgan fingerprint density at radius 3 is 2.27 bits per heavy atom. The number of nitrogens with one attached hydrogen (secondary N) is 1. The maximum Gasteiger partial charge on any atom is 0.272 e. The van der Waals surface area contributed by atoms with Crippen molar-refractivity contribution in [3.8, 4) is 0 Å². The largest absolute Gasteiger partial charge is 0.374 e. The van der Waals surface area contributed by atoms with Crippen molar-refractivity contribution in [2.45, 2.75) is 17.9 Å². The van der Waals surface area contributed by atoms with Crippen LogP contribution in [0.15, 0.2) is 65.6 Å². The number of hydrogen-bond acceptors (Lipinski definition) is 5. The summed E-state index contributed by atoms with van der Waals surface area (Å²) in [7, 11) is -3.49. The second-order valence-electron chi connectivity index (χ2n) is 6.85. The fourth-order valence-corrected chi connectivity index (χ4v) is 3.77. The number of nitrogens with zero attached hydrogens (tertiary/aromatic N) is 1. The van der Waals surface area contributed by atoms with Gasteiger partial charge < -0.3 is 5.32 Å². The third-order valence-electron chi connectivity index (χ3n) is 4.60. The van der Waals surface area contributed by atoms with Crippen LogP contribution in [0, 0.1) is 28.7 Å². The molecule has 9 heteroatoms. The number of hydrogen-bond donors (Lipinski definition) is 1. The van der Waals surface area contributed by atoms with E-state index in [0.29, 0.717) is 22.4 Å². The number of sulfone groups is 1. The zero-order valence-corrected chi connectivity index (χ0v) is 16.9. The lowest BCUT2D eigenvalue weighted by Crippen LogP contribution is -2.14. The molecule has 3 rings (SSSR count). The highest BCUT2D eigenvalue weighted by atomic mass is 32.2. The molecule has 0 fully saturated rings. The van der Waals surface area contributed by atoms with Crippen LogP contribution in [0.2, 0.25) is 0 Å². The fourth-order valence-electron chi connectivity index (χ4n) is 3.09. The van der Waals surface area contributed by atoms with E-state index in [1.165, 1.54) is 30.3 Å². The van der Waals surface area contributed by atoms with E-state index in [9.17, 15) is 27.3 Å². The van der Waals surface area contributed by atoms with Crippen LogP contribution in [0.25, 0.3) is 0 Å². The topological polar surface area (TPSA) is 89.3 Å². The predicted molar refractivity (Wildman–Crippen MR) is 109 cm³/mol. The van der Waals surface area contributed by atoms with Gasteiger partial charge in [-0.05, 0) is 54.4 Å². The van der Waals surface area contributed by atoms with Crippen LogP contribution in [0.1, 0.15) is 22.7 Å². The number of rotatable bonds is 6. The molecule has 3 aromatic rings. The highest BCUT2D eigenvalue weighted by molar-refractivity contribution is 7.90. The molecule has 6 nitrogen and oxygen atoms in total. The first-order valence-corrected chi connectivity index (χ1v) is 10.7. The Balaban J connectivity index is 2.10. The molecule has 0 saturated heterocycles. The van der Waals surface area contributed by atoms with Crippen LogP contribution < -0.4 is 5.32 Å². The Morgan fingerprint density at radius 1 is 0.967 bits per heavy atom. The molecular formula is C21H18F2N2O4S. The molecule has 156 valence electrons. The van der Waals surface area contributed by atoms with Crippen LogP contribution in [-0.4, -0.2) is 19.6 Å². The first kappa shape index (κ1) is 21.4. The first-order valence-electron chi connectivity index (χ1n) is 8.83. The maximum absolute atomic E-state index is 13.9. The number of nitro benzene ring substituents is 1. The molecule has 0 spiro atoms. The van der Waals surface area contributed by atoms with E-state index in [0.717, 1.165) is 18.4 Å². The molecular weight excluding hydrogens is 414 g/mol. The van der Waals surface area contributed by atoms with Crippen molar-refractivity contribution in [3.05, 3.63) is 99.1 Å². The second kappa shape index (κ2) is 8.19. The lowest BCUT2D eigenvalue weighted by molar-refractivity contribution is -0.385. The van der Waals surface area contributed by atoms with Crippen molar-refractivity contribution >= 4 is 21.2 Å². The monoisotopic (exact) mass is 432 g/mol. The molecule has 0 bridgehead atoms. The van der Waals surface area contributed by atoms with Crippen molar-refractivity contribution in [1.82, 2.24) is 0 Å². The van der Waals surface area contributed by atoms with Crippen LogP contribution in [-0.2, 0) is 9.84 Å². The molecule has 3 aromatic carbocycles. The van der Waals surface area contributed by atoms with Crippen LogP contribution in [0.5, 0.6) is 0 Å². The quantitative estimate of drug-likeness (QED) is 0.447. The van der Waals surface area contributed by atoms with Crippen molar-refractivity contribution in [2.24, 2.45) is 0 Å². The van der Waals surface area contributed by atoms with Crippen molar-refractivity contribution in [1.29, 1.82) is 0 Å². The summed E-state index contributed by atoms with van der Waals surface area (Å²) in [5.74, 6) is -2.05. The molecule has 0 saturated carbocycles. The van der Waals surface area contributed by atoms with Gasteiger partial charge in [0.1, 0.15) is 0 Å². The molecule has 1 atom stereocenters. The summed E-state index contributed by atoms with van der Waals surface area (Å²) in [4.78, 5) is 10.6. The van der Waals surface area contributed by atoms with Gasteiger partial charge in [0.05, 0.1) is 15.9 Å². The third kappa shape index (κ3) is 4.62. The average molecular weight is 432 g/mol. The number of nitro groups is 1.